The van der Waals surface area contributed by atoms with E-state index < -0.39 is 0 Å². The summed E-state index contributed by atoms with van der Waals surface area (Å²) in [5.74, 6) is 0.710. The number of hydrogen-bond donors (Lipinski definition) is 1. The summed E-state index contributed by atoms with van der Waals surface area (Å²) < 4.78 is 5.32. The standard InChI is InChI=1S/C14H17ClN2O/c1-3-10(2)16-9-11-8-14(18-17-11)12-6-4-5-7-13(12)15/h4-8,10,16H,3,9H2,1-2H3. The van der Waals surface area contributed by atoms with Crippen LogP contribution in [-0.2, 0) is 6.54 Å². The van der Waals surface area contributed by atoms with Crippen LogP contribution in [0, 0.1) is 0 Å². The smallest absolute Gasteiger partial charge is 0.168 e. The molecule has 1 atom stereocenters. The fourth-order valence-electron chi connectivity index (χ4n) is 1.61. The highest BCUT2D eigenvalue weighted by Crippen LogP contribution is 2.27. The molecule has 0 spiro atoms. The Labute approximate surface area is 112 Å². The minimum atomic E-state index is 0.477. The van der Waals surface area contributed by atoms with Crippen LogP contribution in [0.25, 0.3) is 11.3 Å². The Morgan fingerprint density at radius 3 is 2.89 bits per heavy atom. The molecule has 1 aromatic heterocycles. The molecule has 2 rings (SSSR count). The fourth-order valence-corrected chi connectivity index (χ4v) is 1.84. The molecular formula is C14H17ClN2O. The number of benzene rings is 1. The normalized spacial score (nSPS) is 12.6. The molecule has 3 nitrogen and oxygen atoms in total. The molecule has 0 radical (unpaired) electrons. The summed E-state index contributed by atoms with van der Waals surface area (Å²) in [6, 6.07) is 10.0. The van der Waals surface area contributed by atoms with E-state index >= 15 is 0 Å². The summed E-state index contributed by atoms with van der Waals surface area (Å²) >= 11 is 6.11. The lowest BCUT2D eigenvalue weighted by atomic mass is 10.1. The van der Waals surface area contributed by atoms with Gasteiger partial charge in [-0.3, -0.25) is 0 Å². The van der Waals surface area contributed by atoms with E-state index in [1.807, 2.05) is 30.3 Å². The first-order valence-electron chi connectivity index (χ1n) is 6.14. The van der Waals surface area contributed by atoms with Gasteiger partial charge in [0.1, 0.15) is 0 Å². The van der Waals surface area contributed by atoms with Crippen molar-refractivity contribution in [3.05, 3.63) is 41.0 Å². The molecule has 0 aliphatic rings. The van der Waals surface area contributed by atoms with Gasteiger partial charge in [-0.1, -0.05) is 35.8 Å². The Morgan fingerprint density at radius 2 is 2.17 bits per heavy atom. The van der Waals surface area contributed by atoms with Gasteiger partial charge in [0.25, 0.3) is 0 Å². The SMILES string of the molecule is CCC(C)NCc1cc(-c2ccccc2Cl)on1. The summed E-state index contributed by atoms with van der Waals surface area (Å²) in [4.78, 5) is 0. The third-order valence-corrected chi connectivity index (χ3v) is 3.27. The molecule has 1 heterocycles. The fraction of sp³-hybridized carbons (Fsp3) is 0.357. The van der Waals surface area contributed by atoms with Gasteiger partial charge in [0.05, 0.1) is 10.7 Å². The minimum Gasteiger partial charge on any atom is -0.356 e. The van der Waals surface area contributed by atoms with Crippen molar-refractivity contribution in [1.29, 1.82) is 0 Å². The Morgan fingerprint density at radius 1 is 1.39 bits per heavy atom. The van der Waals surface area contributed by atoms with Gasteiger partial charge in [-0.05, 0) is 25.5 Å². The lowest BCUT2D eigenvalue weighted by Gasteiger charge is -2.08. The number of hydrogen-bond acceptors (Lipinski definition) is 3. The van der Waals surface area contributed by atoms with Gasteiger partial charge in [0.2, 0.25) is 0 Å². The second-order valence-electron chi connectivity index (χ2n) is 4.35. The zero-order valence-electron chi connectivity index (χ0n) is 10.6. The summed E-state index contributed by atoms with van der Waals surface area (Å²) in [6.07, 6.45) is 1.09. The van der Waals surface area contributed by atoms with Crippen molar-refractivity contribution in [2.24, 2.45) is 0 Å². The molecule has 0 aliphatic carbocycles. The van der Waals surface area contributed by atoms with E-state index in [4.69, 9.17) is 16.1 Å². The molecule has 1 unspecified atom stereocenters. The number of nitrogens with one attached hydrogen (secondary N) is 1. The van der Waals surface area contributed by atoms with Crippen molar-refractivity contribution in [3.8, 4) is 11.3 Å². The largest absolute Gasteiger partial charge is 0.356 e. The van der Waals surface area contributed by atoms with Gasteiger partial charge in [0, 0.05) is 24.2 Å². The van der Waals surface area contributed by atoms with Crippen LogP contribution in [0.5, 0.6) is 0 Å². The predicted molar refractivity (Wildman–Crippen MR) is 73.5 cm³/mol. The second kappa shape index (κ2) is 6.03. The first-order valence-corrected chi connectivity index (χ1v) is 6.52. The van der Waals surface area contributed by atoms with Crippen LogP contribution in [0.1, 0.15) is 26.0 Å². The Balaban J connectivity index is 2.09. The molecule has 1 N–H and O–H groups in total. The van der Waals surface area contributed by atoms with Gasteiger partial charge >= 0.3 is 0 Å². The molecule has 18 heavy (non-hydrogen) atoms. The molecule has 1 aromatic carbocycles. The summed E-state index contributed by atoms with van der Waals surface area (Å²) in [5.41, 5.74) is 1.77. The van der Waals surface area contributed by atoms with Crippen LogP contribution in [0.4, 0.5) is 0 Å². The van der Waals surface area contributed by atoms with Crippen LogP contribution in [0.2, 0.25) is 5.02 Å². The molecule has 2 aromatic rings. The van der Waals surface area contributed by atoms with Crippen LogP contribution in [0.3, 0.4) is 0 Å². The van der Waals surface area contributed by atoms with Crippen molar-refractivity contribution < 1.29 is 4.52 Å². The molecule has 0 amide bonds. The van der Waals surface area contributed by atoms with E-state index in [0.717, 1.165) is 17.7 Å². The quantitative estimate of drug-likeness (QED) is 0.891. The Bertz CT molecular complexity index is 510. The highest BCUT2D eigenvalue weighted by molar-refractivity contribution is 6.33. The van der Waals surface area contributed by atoms with E-state index in [-0.39, 0.29) is 0 Å². The van der Waals surface area contributed by atoms with E-state index in [1.165, 1.54) is 0 Å². The Kier molecular flexibility index (Phi) is 4.39. The lowest BCUT2D eigenvalue weighted by Crippen LogP contribution is -2.24. The predicted octanol–water partition coefficient (Wildman–Crippen LogP) is 3.88. The van der Waals surface area contributed by atoms with Crippen LogP contribution >= 0.6 is 11.6 Å². The molecule has 4 heteroatoms. The Hall–Kier alpha value is -1.32. The number of aromatic nitrogens is 1. The third kappa shape index (κ3) is 3.12. The molecule has 0 saturated heterocycles. The zero-order valence-corrected chi connectivity index (χ0v) is 11.4. The first-order chi connectivity index (χ1) is 8.70. The van der Waals surface area contributed by atoms with Crippen LogP contribution in [-0.4, -0.2) is 11.2 Å². The number of halogens is 1. The van der Waals surface area contributed by atoms with Gasteiger partial charge in [-0.2, -0.15) is 0 Å². The van der Waals surface area contributed by atoms with Crippen molar-refractivity contribution in [3.63, 3.8) is 0 Å². The highest BCUT2D eigenvalue weighted by Gasteiger charge is 2.10. The minimum absolute atomic E-state index is 0.477. The average molecular weight is 265 g/mol. The molecule has 0 saturated carbocycles. The molecule has 0 bridgehead atoms. The van der Waals surface area contributed by atoms with Crippen molar-refractivity contribution in [1.82, 2.24) is 10.5 Å². The highest BCUT2D eigenvalue weighted by atomic mass is 35.5. The summed E-state index contributed by atoms with van der Waals surface area (Å²) in [7, 11) is 0. The average Bonchev–Trinajstić information content (AvgIpc) is 2.85. The third-order valence-electron chi connectivity index (χ3n) is 2.94. The maximum Gasteiger partial charge on any atom is 0.168 e. The number of rotatable bonds is 5. The van der Waals surface area contributed by atoms with E-state index in [1.54, 1.807) is 0 Å². The lowest BCUT2D eigenvalue weighted by molar-refractivity contribution is 0.415. The zero-order chi connectivity index (χ0) is 13.0. The van der Waals surface area contributed by atoms with Crippen molar-refractivity contribution >= 4 is 11.6 Å². The topological polar surface area (TPSA) is 38.1 Å². The molecule has 0 aliphatic heterocycles. The van der Waals surface area contributed by atoms with Gasteiger partial charge < -0.3 is 9.84 Å². The van der Waals surface area contributed by atoms with E-state index in [0.29, 0.717) is 23.4 Å². The van der Waals surface area contributed by atoms with Gasteiger partial charge in [0.15, 0.2) is 5.76 Å². The second-order valence-corrected chi connectivity index (χ2v) is 4.76. The van der Waals surface area contributed by atoms with Gasteiger partial charge in [-0.25, -0.2) is 0 Å². The molecule has 0 fully saturated rings. The van der Waals surface area contributed by atoms with Gasteiger partial charge in [-0.15, -0.1) is 0 Å². The molecular weight excluding hydrogens is 248 g/mol. The van der Waals surface area contributed by atoms with Crippen LogP contribution < -0.4 is 5.32 Å². The van der Waals surface area contributed by atoms with E-state index in [2.05, 4.69) is 24.3 Å². The summed E-state index contributed by atoms with van der Waals surface area (Å²) in [6.45, 7) is 5.01. The maximum absolute atomic E-state index is 6.11. The van der Waals surface area contributed by atoms with E-state index in [9.17, 15) is 0 Å². The monoisotopic (exact) mass is 264 g/mol. The first kappa shape index (κ1) is 13.1. The maximum atomic E-state index is 6.11. The van der Waals surface area contributed by atoms with Crippen molar-refractivity contribution in [2.45, 2.75) is 32.9 Å². The number of nitrogens with zero attached hydrogens (tertiary/aromatic N) is 1. The van der Waals surface area contributed by atoms with Crippen molar-refractivity contribution in [2.75, 3.05) is 0 Å². The summed E-state index contributed by atoms with van der Waals surface area (Å²) in [5, 5.41) is 8.09. The molecule has 96 valence electrons. The van der Waals surface area contributed by atoms with Crippen LogP contribution in [0.15, 0.2) is 34.9 Å².